The number of unbranched alkanes of at least 4 members (excludes halogenated alkanes) is 1. The fourth-order valence-electron chi connectivity index (χ4n) is 2.53. The fraction of sp³-hybridized carbons (Fsp3) is 0.667. The van der Waals surface area contributed by atoms with Gasteiger partial charge in [-0.2, -0.15) is 0 Å². The molecule has 14 heteroatoms. The molecular formula is C18H32N6O8. The minimum absolute atomic E-state index is 0.00632. The lowest BCUT2D eigenvalue weighted by Gasteiger charge is -2.21. The third-order valence-electron chi connectivity index (χ3n) is 4.32. The average molecular weight is 460 g/mol. The first-order valence-electron chi connectivity index (χ1n) is 10.0. The van der Waals surface area contributed by atoms with Crippen molar-refractivity contribution < 1.29 is 39.0 Å². The fourth-order valence-corrected chi connectivity index (χ4v) is 2.53. The first kappa shape index (κ1) is 28.7. The van der Waals surface area contributed by atoms with E-state index in [4.69, 9.17) is 27.4 Å². The summed E-state index contributed by atoms with van der Waals surface area (Å²) in [6.07, 6.45) is 0.375. The number of primary amides is 1. The summed E-state index contributed by atoms with van der Waals surface area (Å²) in [5.41, 5.74) is 16.1. The van der Waals surface area contributed by atoms with Crippen molar-refractivity contribution in [3.8, 4) is 0 Å². The van der Waals surface area contributed by atoms with Crippen LogP contribution in [-0.4, -0.2) is 77.0 Å². The van der Waals surface area contributed by atoms with E-state index in [0.29, 0.717) is 19.4 Å². The Bertz CT molecular complexity index is 686. The molecule has 0 rings (SSSR count). The summed E-state index contributed by atoms with van der Waals surface area (Å²) >= 11 is 0. The first-order chi connectivity index (χ1) is 15.0. The molecule has 0 spiro atoms. The minimum Gasteiger partial charge on any atom is -0.481 e. The van der Waals surface area contributed by atoms with Gasteiger partial charge in [0.05, 0.1) is 12.6 Å². The van der Waals surface area contributed by atoms with E-state index in [1.54, 1.807) is 0 Å². The van der Waals surface area contributed by atoms with Crippen molar-refractivity contribution in [3.63, 3.8) is 0 Å². The maximum absolute atomic E-state index is 12.5. The van der Waals surface area contributed by atoms with Crippen LogP contribution in [0.25, 0.3) is 0 Å². The molecule has 3 atom stereocenters. The molecule has 11 N–H and O–H groups in total. The number of hydrogen-bond acceptors (Lipinski definition) is 8. The van der Waals surface area contributed by atoms with Crippen LogP contribution >= 0.6 is 0 Å². The Hall–Kier alpha value is -3.26. The van der Waals surface area contributed by atoms with Gasteiger partial charge in [0.1, 0.15) is 12.1 Å². The predicted molar refractivity (Wildman–Crippen MR) is 111 cm³/mol. The predicted octanol–water partition coefficient (Wildman–Crippen LogP) is -3.26. The molecule has 0 aliphatic heterocycles. The van der Waals surface area contributed by atoms with E-state index in [1.807, 2.05) is 0 Å². The molecule has 0 bridgehead atoms. The maximum Gasteiger partial charge on any atom is 0.326 e. The van der Waals surface area contributed by atoms with Crippen LogP contribution in [0.5, 0.6) is 0 Å². The summed E-state index contributed by atoms with van der Waals surface area (Å²) in [6.45, 7) is -0.220. The van der Waals surface area contributed by atoms with Crippen LogP contribution in [0.15, 0.2) is 0 Å². The Balaban J connectivity index is 4.85. The Labute approximate surface area is 184 Å². The van der Waals surface area contributed by atoms with Crippen LogP contribution < -0.4 is 33.2 Å². The summed E-state index contributed by atoms with van der Waals surface area (Å²) in [7, 11) is 0. The van der Waals surface area contributed by atoms with Gasteiger partial charge >= 0.3 is 11.9 Å². The maximum atomic E-state index is 12.5. The molecule has 32 heavy (non-hydrogen) atoms. The van der Waals surface area contributed by atoms with Crippen molar-refractivity contribution in [1.82, 2.24) is 16.0 Å². The number of nitrogens with two attached hydrogens (primary N) is 3. The van der Waals surface area contributed by atoms with Crippen LogP contribution in [0.1, 0.15) is 44.9 Å². The quantitative estimate of drug-likeness (QED) is 0.100. The van der Waals surface area contributed by atoms with E-state index >= 15 is 0 Å². The molecule has 182 valence electrons. The second-order valence-electron chi connectivity index (χ2n) is 7.07. The molecule has 14 nitrogen and oxygen atoms in total. The summed E-state index contributed by atoms with van der Waals surface area (Å²) < 4.78 is 0. The zero-order valence-electron chi connectivity index (χ0n) is 17.7. The third-order valence-corrected chi connectivity index (χ3v) is 4.32. The number of aliphatic carboxylic acids is 2. The number of carbonyl (C=O) groups is 6. The molecule has 0 radical (unpaired) electrons. The highest BCUT2D eigenvalue weighted by Gasteiger charge is 2.25. The van der Waals surface area contributed by atoms with Crippen molar-refractivity contribution in [1.29, 1.82) is 0 Å². The number of carbonyl (C=O) groups excluding carboxylic acids is 4. The van der Waals surface area contributed by atoms with Gasteiger partial charge in [-0.1, -0.05) is 0 Å². The van der Waals surface area contributed by atoms with Crippen LogP contribution in [0.2, 0.25) is 0 Å². The normalized spacial score (nSPS) is 13.3. The molecule has 0 aliphatic rings. The lowest BCUT2D eigenvalue weighted by molar-refractivity contribution is -0.143. The molecule has 3 unspecified atom stereocenters. The highest BCUT2D eigenvalue weighted by atomic mass is 16.4. The topological polar surface area (TPSA) is 257 Å². The summed E-state index contributed by atoms with van der Waals surface area (Å²) in [6, 6.07) is -3.54. The van der Waals surface area contributed by atoms with Gasteiger partial charge in [-0.3, -0.25) is 24.0 Å². The summed E-state index contributed by atoms with van der Waals surface area (Å²) in [5, 5.41) is 24.6. The van der Waals surface area contributed by atoms with Crippen molar-refractivity contribution in [2.24, 2.45) is 17.2 Å². The standard InChI is InChI=1S/C18H32N6O8/c19-8-2-1-3-11(24-16(29)10(20)4-6-13(21)25)17(30)22-9-14(26)23-12(18(31)32)5-7-15(27)28/h10-12H,1-9,19-20H2,(H2,21,25)(H,22,30)(H,23,26)(H,24,29)(H,27,28)(H,31,32). The zero-order valence-corrected chi connectivity index (χ0v) is 17.7. The number of carboxylic acid groups (broad SMARTS) is 2. The lowest BCUT2D eigenvalue weighted by Crippen LogP contribution is -2.53. The second kappa shape index (κ2) is 15.5. The largest absolute Gasteiger partial charge is 0.481 e. The van der Waals surface area contributed by atoms with Gasteiger partial charge in [-0.05, 0) is 38.6 Å². The number of carboxylic acids is 2. The van der Waals surface area contributed by atoms with E-state index in [2.05, 4.69) is 16.0 Å². The smallest absolute Gasteiger partial charge is 0.326 e. The van der Waals surface area contributed by atoms with E-state index in [-0.39, 0.29) is 25.7 Å². The summed E-state index contributed by atoms with van der Waals surface area (Å²) in [4.78, 5) is 69.2. The minimum atomic E-state index is -1.43. The van der Waals surface area contributed by atoms with Crippen molar-refractivity contribution in [2.45, 2.75) is 63.1 Å². The molecule has 0 heterocycles. The van der Waals surface area contributed by atoms with Crippen LogP contribution in [0, 0.1) is 0 Å². The van der Waals surface area contributed by atoms with E-state index in [9.17, 15) is 28.8 Å². The van der Waals surface area contributed by atoms with Gasteiger partial charge in [0.15, 0.2) is 0 Å². The lowest BCUT2D eigenvalue weighted by atomic mass is 10.1. The Morgan fingerprint density at radius 2 is 1.47 bits per heavy atom. The number of hydrogen-bond donors (Lipinski definition) is 8. The van der Waals surface area contributed by atoms with E-state index < -0.39 is 66.7 Å². The van der Waals surface area contributed by atoms with E-state index in [0.717, 1.165) is 0 Å². The van der Waals surface area contributed by atoms with Gasteiger partial charge in [0.25, 0.3) is 0 Å². The molecule has 0 saturated carbocycles. The van der Waals surface area contributed by atoms with Crippen molar-refractivity contribution in [3.05, 3.63) is 0 Å². The van der Waals surface area contributed by atoms with Crippen LogP contribution in [0.4, 0.5) is 0 Å². The highest BCUT2D eigenvalue weighted by Crippen LogP contribution is 2.03. The molecule has 0 saturated heterocycles. The molecule has 0 aromatic heterocycles. The number of amides is 4. The van der Waals surface area contributed by atoms with Crippen molar-refractivity contribution in [2.75, 3.05) is 13.1 Å². The molecule has 0 aliphatic carbocycles. The SMILES string of the molecule is NCCCCC(NC(=O)C(N)CCC(N)=O)C(=O)NCC(=O)NC(CCC(=O)O)C(=O)O. The van der Waals surface area contributed by atoms with Crippen LogP contribution in [0.3, 0.4) is 0 Å². The second-order valence-corrected chi connectivity index (χ2v) is 7.07. The highest BCUT2D eigenvalue weighted by molar-refractivity contribution is 5.92. The van der Waals surface area contributed by atoms with Gasteiger partial charge < -0.3 is 43.4 Å². The van der Waals surface area contributed by atoms with Gasteiger partial charge in [-0.15, -0.1) is 0 Å². The number of nitrogens with one attached hydrogen (secondary N) is 3. The van der Waals surface area contributed by atoms with Gasteiger partial charge in [0.2, 0.25) is 23.6 Å². The zero-order chi connectivity index (χ0) is 24.7. The third kappa shape index (κ3) is 13.1. The Morgan fingerprint density at radius 1 is 0.812 bits per heavy atom. The van der Waals surface area contributed by atoms with Crippen molar-refractivity contribution >= 4 is 35.6 Å². The van der Waals surface area contributed by atoms with Crippen LogP contribution in [-0.2, 0) is 28.8 Å². The van der Waals surface area contributed by atoms with E-state index in [1.165, 1.54) is 0 Å². The molecule has 0 aromatic rings. The van der Waals surface area contributed by atoms with Gasteiger partial charge in [0, 0.05) is 12.8 Å². The average Bonchev–Trinajstić information content (AvgIpc) is 2.71. The first-order valence-corrected chi connectivity index (χ1v) is 10.0. The molecule has 0 aromatic carbocycles. The van der Waals surface area contributed by atoms with Gasteiger partial charge in [-0.25, -0.2) is 4.79 Å². The molecule has 0 fully saturated rings. The monoisotopic (exact) mass is 460 g/mol. The molecular weight excluding hydrogens is 428 g/mol. The Kier molecular flexibility index (Phi) is 13.9. The summed E-state index contributed by atoms with van der Waals surface area (Å²) in [5.74, 6) is -5.49. The molecule has 4 amide bonds. The number of rotatable bonds is 17. The Morgan fingerprint density at radius 3 is 2.00 bits per heavy atom.